The Kier molecular flexibility index (Phi) is 5.79. The Morgan fingerprint density at radius 3 is 2.42 bits per heavy atom. The molecule has 1 aliphatic heterocycles. The molecule has 0 atom stereocenters. The van der Waals surface area contributed by atoms with Gasteiger partial charge in [-0.2, -0.15) is 5.26 Å². The van der Waals surface area contributed by atoms with Crippen LogP contribution in [0.4, 0.5) is 0 Å². The fourth-order valence-corrected chi connectivity index (χ4v) is 3.03. The summed E-state index contributed by atoms with van der Waals surface area (Å²) in [6.45, 7) is 6.29. The van der Waals surface area contributed by atoms with Crippen molar-refractivity contribution in [2.75, 3.05) is 32.7 Å². The molecule has 1 fully saturated rings. The highest BCUT2D eigenvalue weighted by Gasteiger charge is 2.15. The molecule has 0 radical (unpaired) electrons. The number of nitriles is 1. The van der Waals surface area contributed by atoms with Gasteiger partial charge in [-0.05, 0) is 23.3 Å². The third-order valence-corrected chi connectivity index (χ3v) is 4.40. The van der Waals surface area contributed by atoms with E-state index in [1.165, 1.54) is 11.1 Å². The standard InChI is InChI=1S/C21H23N3/c22-17-20-8-4-9-21(16-20)18-24-14-12-23(13-15-24)11-5-10-19-6-2-1-3-7-19/h1-10,16H,11-15,18H2. The molecule has 2 aromatic rings. The van der Waals surface area contributed by atoms with Crippen molar-refractivity contribution in [3.8, 4) is 6.07 Å². The van der Waals surface area contributed by atoms with Gasteiger partial charge in [0.15, 0.2) is 0 Å². The Hall–Kier alpha value is -2.41. The average molecular weight is 317 g/mol. The number of benzene rings is 2. The second-order valence-electron chi connectivity index (χ2n) is 6.20. The predicted molar refractivity (Wildman–Crippen MR) is 98.4 cm³/mol. The topological polar surface area (TPSA) is 30.3 Å². The average Bonchev–Trinajstić information content (AvgIpc) is 2.64. The van der Waals surface area contributed by atoms with Gasteiger partial charge < -0.3 is 0 Å². The molecule has 0 spiro atoms. The first-order chi connectivity index (χ1) is 11.8. The van der Waals surface area contributed by atoms with E-state index < -0.39 is 0 Å². The highest BCUT2D eigenvalue weighted by atomic mass is 15.3. The van der Waals surface area contributed by atoms with Crippen LogP contribution in [0, 0.1) is 11.3 Å². The third-order valence-electron chi connectivity index (χ3n) is 4.40. The molecular formula is C21H23N3. The first-order valence-electron chi connectivity index (χ1n) is 8.49. The Bertz CT molecular complexity index is 707. The van der Waals surface area contributed by atoms with Crippen LogP contribution >= 0.6 is 0 Å². The Labute approximate surface area is 144 Å². The molecule has 1 aliphatic rings. The Morgan fingerprint density at radius 1 is 0.917 bits per heavy atom. The molecule has 0 bridgehead atoms. The summed E-state index contributed by atoms with van der Waals surface area (Å²) >= 11 is 0. The summed E-state index contributed by atoms with van der Waals surface area (Å²) in [6, 6.07) is 20.6. The van der Waals surface area contributed by atoms with Crippen molar-refractivity contribution < 1.29 is 0 Å². The van der Waals surface area contributed by atoms with Crippen LogP contribution in [-0.4, -0.2) is 42.5 Å². The summed E-state index contributed by atoms with van der Waals surface area (Å²) in [6.07, 6.45) is 4.45. The minimum absolute atomic E-state index is 0.747. The lowest BCUT2D eigenvalue weighted by atomic mass is 10.1. The van der Waals surface area contributed by atoms with Gasteiger partial charge in [0.05, 0.1) is 11.6 Å². The maximum atomic E-state index is 8.99. The molecule has 0 saturated carbocycles. The van der Waals surface area contributed by atoms with Crippen molar-refractivity contribution in [1.82, 2.24) is 9.80 Å². The summed E-state index contributed by atoms with van der Waals surface area (Å²) in [7, 11) is 0. The van der Waals surface area contributed by atoms with Gasteiger partial charge in [-0.15, -0.1) is 0 Å². The number of nitrogens with zero attached hydrogens (tertiary/aromatic N) is 3. The maximum Gasteiger partial charge on any atom is 0.0991 e. The summed E-state index contributed by atoms with van der Waals surface area (Å²) in [5, 5.41) is 8.99. The maximum absolute atomic E-state index is 8.99. The van der Waals surface area contributed by atoms with Crippen molar-refractivity contribution in [3.63, 3.8) is 0 Å². The smallest absolute Gasteiger partial charge is 0.0991 e. The lowest BCUT2D eigenvalue weighted by Crippen LogP contribution is -2.45. The van der Waals surface area contributed by atoms with E-state index in [2.05, 4.69) is 58.4 Å². The van der Waals surface area contributed by atoms with E-state index in [1.54, 1.807) is 0 Å². The van der Waals surface area contributed by atoms with Crippen LogP contribution in [0.3, 0.4) is 0 Å². The second kappa shape index (κ2) is 8.44. The minimum Gasteiger partial charge on any atom is -0.297 e. The zero-order chi connectivity index (χ0) is 16.6. The van der Waals surface area contributed by atoms with Gasteiger partial charge in [-0.25, -0.2) is 0 Å². The summed E-state index contributed by atoms with van der Waals surface area (Å²) in [5.74, 6) is 0. The molecule has 24 heavy (non-hydrogen) atoms. The van der Waals surface area contributed by atoms with Gasteiger partial charge in [0.25, 0.3) is 0 Å². The molecule has 3 heteroatoms. The van der Waals surface area contributed by atoms with Gasteiger partial charge in [0, 0.05) is 39.3 Å². The van der Waals surface area contributed by atoms with Gasteiger partial charge in [-0.3, -0.25) is 9.80 Å². The normalized spacial score (nSPS) is 16.3. The van der Waals surface area contributed by atoms with E-state index in [0.717, 1.165) is 44.8 Å². The molecule has 1 saturated heterocycles. The summed E-state index contributed by atoms with van der Waals surface area (Å²) < 4.78 is 0. The van der Waals surface area contributed by atoms with Crippen molar-refractivity contribution in [2.24, 2.45) is 0 Å². The van der Waals surface area contributed by atoms with Crippen LogP contribution in [0.2, 0.25) is 0 Å². The predicted octanol–water partition coefficient (Wildman–Crippen LogP) is 3.39. The van der Waals surface area contributed by atoms with Gasteiger partial charge in [-0.1, -0.05) is 54.6 Å². The number of piperazine rings is 1. The summed E-state index contributed by atoms with van der Waals surface area (Å²) in [4.78, 5) is 4.95. The number of hydrogen-bond acceptors (Lipinski definition) is 3. The molecule has 0 aliphatic carbocycles. The molecule has 3 nitrogen and oxygen atoms in total. The minimum atomic E-state index is 0.747. The quantitative estimate of drug-likeness (QED) is 0.847. The summed E-state index contributed by atoms with van der Waals surface area (Å²) in [5.41, 5.74) is 3.23. The molecule has 0 amide bonds. The molecule has 122 valence electrons. The third kappa shape index (κ3) is 4.79. The Morgan fingerprint density at radius 2 is 1.67 bits per heavy atom. The first-order valence-corrected chi connectivity index (χ1v) is 8.49. The van der Waals surface area contributed by atoms with Gasteiger partial charge in [0.2, 0.25) is 0 Å². The van der Waals surface area contributed by atoms with Crippen LogP contribution in [0.15, 0.2) is 60.7 Å². The van der Waals surface area contributed by atoms with Crippen LogP contribution in [0.5, 0.6) is 0 Å². The van der Waals surface area contributed by atoms with E-state index >= 15 is 0 Å². The number of rotatable bonds is 5. The monoisotopic (exact) mass is 317 g/mol. The molecule has 0 unspecified atom stereocenters. The Balaban J connectivity index is 1.44. The van der Waals surface area contributed by atoms with E-state index in [4.69, 9.17) is 5.26 Å². The zero-order valence-corrected chi connectivity index (χ0v) is 13.9. The molecular weight excluding hydrogens is 294 g/mol. The molecule has 0 N–H and O–H groups in total. The molecule has 2 aromatic carbocycles. The highest BCUT2D eigenvalue weighted by molar-refractivity contribution is 5.48. The lowest BCUT2D eigenvalue weighted by Gasteiger charge is -2.34. The van der Waals surface area contributed by atoms with Gasteiger partial charge in [0.1, 0.15) is 0 Å². The lowest BCUT2D eigenvalue weighted by molar-refractivity contribution is 0.137. The van der Waals surface area contributed by atoms with E-state index in [9.17, 15) is 0 Å². The van der Waals surface area contributed by atoms with Crippen LogP contribution in [0.1, 0.15) is 16.7 Å². The zero-order valence-electron chi connectivity index (χ0n) is 13.9. The molecule has 3 rings (SSSR count). The van der Waals surface area contributed by atoms with Crippen LogP contribution in [-0.2, 0) is 6.54 Å². The fourth-order valence-electron chi connectivity index (χ4n) is 3.03. The van der Waals surface area contributed by atoms with E-state index in [0.29, 0.717) is 0 Å². The van der Waals surface area contributed by atoms with E-state index in [1.807, 2.05) is 24.3 Å². The largest absolute Gasteiger partial charge is 0.297 e. The van der Waals surface area contributed by atoms with Crippen LogP contribution < -0.4 is 0 Å². The SMILES string of the molecule is N#Cc1cccc(CN2CCN(CC=Cc3ccccc3)CC2)c1. The number of hydrogen-bond donors (Lipinski definition) is 0. The van der Waals surface area contributed by atoms with Gasteiger partial charge >= 0.3 is 0 Å². The van der Waals surface area contributed by atoms with Crippen LogP contribution in [0.25, 0.3) is 6.08 Å². The van der Waals surface area contributed by atoms with Crippen molar-refractivity contribution >= 4 is 6.08 Å². The molecule has 0 aromatic heterocycles. The van der Waals surface area contributed by atoms with Crippen molar-refractivity contribution in [1.29, 1.82) is 5.26 Å². The second-order valence-corrected chi connectivity index (χ2v) is 6.20. The van der Waals surface area contributed by atoms with Crippen molar-refractivity contribution in [3.05, 3.63) is 77.4 Å². The molecule has 1 heterocycles. The highest BCUT2D eigenvalue weighted by Crippen LogP contribution is 2.11. The first kappa shape index (κ1) is 16.4. The fraction of sp³-hybridized carbons (Fsp3) is 0.286. The van der Waals surface area contributed by atoms with E-state index in [-0.39, 0.29) is 0 Å². The van der Waals surface area contributed by atoms with Crippen molar-refractivity contribution in [2.45, 2.75) is 6.54 Å².